The molecule has 0 aliphatic carbocycles. The van der Waals surface area contributed by atoms with Gasteiger partial charge in [-0.15, -0.1) is 0 Å². The number of likely N-dealkylation sites (tertiary alicyclic amines) is 2. The molecule has 2 saturated heterocycles. The molecule has 0 bridgehead atoms. The SMILES string of the molecule is O=C(C(N1CC[C@@H](Cc2cccc(F)c2)C1)C(F)(F)F)C(N1CC[C@@H](Cc2cccc(F)c2)C1)C(F)(F)F. The van der Waals surface area contributed by atoms with Gasteiger partial charge in [0.2, 0.25) is 0 Å². The summed E-state index contributed by atoms with van der Waals surface area (Å²) < 4.78 is 112. The first-order valence-corrected chi connectivity index (χ1v) is 12.5. The summed E-state index contributed by atoms with van der Waals surface area (Å²) in [6.45, 7) is -0.830. The zero-order valence-corrected chi connectivity index (χ0v) is 20.4. The highest BCUT2D eigenvalue weighted by Gasteiger charge is 2.59. The molecule has 0 aromatic heterocycles. The molecule has 2 aromatic carbocycles. The van der Waals surface area contributed by atoms with E-state index in [0.717, 1.165) is 9.80 Å². The number of hydrogen-bond donors (Lipinski definition) is 0. The maximum absolute atomic E-state index is 14.1. The number of alkyl halides is 6. The van der Waals surface area contributed by atoms with Crippen LogP contribution in [0, 0.1) is 23.5 Å². The Morgan fingerprint density at radius 1 is 0.737 bits per heavy atom. The lowest BCUT2D eigenvalue weighted by atomic mass is 9.97. The number of hydrogen-bond acceptors (Lipinski definition) is 3. The first-order valence-electron chi connectivity index (χ1n) is 12.5. The van der Waals surface area contributed by atoms with Gasteiger partial charge >= 0.3 is 12.4 Å². The van der Waals surface area contributed by atoms with E-state index in [0.29, 0.717) is 11.1 Å². The minimum atomic E-state index is -5.20. The average Bonchev–Trinajstić information content (AvgIpc) is 3.42. The summed E-state index contributed by atoms with van der Waals surface area (Å²) >= 11 is 0. The molecule has 2 fully saturated rings. The lowest BCUT2D eigenvalue weighted by Gasteiger charge is -2.35. The molecule has 38 heavy (non-hydrogen) atoms. The molecule has 0 saturated carbocycles. The average molecular weight is 549 g/mol. The Bertz CT molecular complexity index is 1030. The summed E-state index contributed by atoms with van der Waals surface area (Å²) in [5.41, 5.74) is 1.14. The summed E-state index contributed by atoms with van der Waals surface area (Å²) in [4.78, 5) is 14.7. The molecule has 208 valence electrons. The third-order valence-corrected chi connectivity index (χ3v) is 7.35. The third-order valence-electron chi connectivity index (χ3n) is 7.35. The van der Waals surface area contributed by atoms with Crippen LogP contribution in [0.25, 0.3) is 0 Å². The van der Waals surface area contributed by atoms with Crippen molar-refractivity contribution in [1.29, 1.82) is 0 Å². The van der Waals surface area contributed by atoms with Gasteiger partial charge in [0.15, 0.2) is 17.9 Å². The molecular weight excluding hydrogens is 520 g/mol. The molecule has 2 heterocycles. The van der Waals surface area contributed by atoms with Crippen molar-refractivity contribution in [3.05, 3.63) is 71.3 Å². The van der Waals surface area contributed by atoms with E-state index in [2.05, 4.69) is 0 Å². The molecule has 4 rings (SSSR count). The molecule has 3 nitrogen and oxygen atoms in total. The van der Waals surface area contributed by atoms with Crippen LogP contribution in [-0.4, -0.2) is 66.2 Å². The van der Waals surface area contributed by atoms with Crippen molar-refractivity contribution in [1.82, 2.24) is 9.80 Å². The lowest BCUT2D eigenvalue weighted by Crippen LogP contribution is -2.60. The predicted molar refractivity (Wildman–Crippen MR) is 124 cm³/mol. The van der Waals surface area contributed by atoms with Crippen molar-refractivity contribution in [2.45, 2.75) is 50.1 Å². The van der Waals surface area contributed by atoms with Crippen LogP contribution in [0.5, 0.6) is 0 Å². The van der Waals surface area contributed by atoms with E-state index in [1.165, 1.54) is 36.4 Å². The summed E-state index contributed by atoms with van der Waals surface area (Å²) in [6, 6.07) is 5.43. The zero-order valence-electron chi connectivity index (χ0n) is 20.4. The van der Waals surface area contributed by atoms with E-state index in [1.807, 2.05) is 0 Å². The van der Waals surface area contributed by atoms with Crippen molar-refractivity contribution in [3.63, 3.8) is 0 Å². The normalized spacial score (nSPS) is 23.1. The number of ketones is 1. The first kappa shape index (κ1) is 28.5. The second-order valence-corrected chi connectivity index (χ2v) is 10.3. The Kier molecular flexibility index (Phi) is 8.46. The molecule has 4 atom stereocenters. The molecule has 2 aromatic rings. The van der Waals surface area contributed by atoms with Crippen molar-refractivity contribution in [2.75, 3.05) is 26.2 Å². The second-order valence-electron chi connectivity index (χ2n) is 10.3. The quantitative estimate of drug-likeness (QED) is 0.389. The highest BCUT2D eigenvalue weighted by molar-refractivity contribution is 5.90. The Morgan fingerprint density at radius 2 is 1.13 bits per heavy atom. The Hall–Kier alpha value is -2.53. The number of rotatable bonds is 8. The zero-order chi connectivity index (χ0) is 27.7. The molecule has 0 spiro atoms. The molecular formula is C27H28F8N2O. The molecule has 11 heteroatoms. The van der Waals surface area contributed by atoms with E-state index in [9.17, 15) is 39.9 Å². The van der Waals surface area contributed by atoms with Crippen LogP contribution in [0.4, 0.5) is 35.1 Å². The van der Waals surface area contributed by atoms with E-state index < -0.39 is 41.9 Å². The van der Waals surface area contributed by atoms with Gasteiger partial charge < -0.3 is 0 Å². The summed E-state index contributed by atoms with van der Waals surface area (Å²) in [5.74, 6) is -3.63. The highest BCUT2D eigenvalue weighted by atomic mass is 19.4. The number of halogens is 8. The van der Waals surface area contributed by atoms with Crippen molar-refractivity contribution < 1.29 is 39.9 Å². The van der Waals surface area contributed by atoms with Crippen molar-refractivity contribution in [2.24, 2.45) is 11.8 Å². The molecule has 0 N–H and O–H groups in total. The molecule has 2 aliphatic rings. The van der Waals surface area contributed by atoms with Crippen molar-refractivity contribution in [3.8, 4) is 0 Å². The van der Waals surface area contributed by atoms with Crippen LogP contribution in [0.15, 0.2) is 48.5 Å². The van der Waals surface area contributed by atoms with E-state index in [-0.39, 0.29) is 63.7 Å². The minimum absolute atomic E-state index is 0.192. The summed E-state index contributed by atoms with van der Waals surface area (Å²) in [5, 5.41) is 0. The molecule has 0 amide bonds. The van der Waals surface area contributed by atoms with Gasteiger partial charge in [0.05, 0.1) is 0 Å². The van der Waals surface area contributed by atoms with Gasteiger partial charge in [-0.05, 0) is 86.0 Å². The third kappa shape index (κ3) is 6.91. The monoisotopic (exact) mass is 548 g/mol. The molecule has 0 radical (unpaired) electrons. The van der Waals surface area contributed by atoms with Crippen LogP contribution in [0.1, 0.15) is 24.0 Å². The number of nitrogens with zero attached hydrogens (tertiary/aromatic N) is 2. The molecule has 2 aliphatic heterocycles. The van der Waals surface area contributed by atoms with Crippen LogP contribution in [0.3, 0.4) is 0 Å². The maximum Gasteiger partial charge on any atom is 0.411 e. The van der Waals surface area contributed by atoms with Gasteiger partial charge in [0.1, 0.15) is 11.6 Å². The Morgan fingerprint density at radius 3 is 1.47 bits per heavy atom. The van der Waals surface area contributed by atoms with Crippen LogP contribution >= 0.6 is 0 Å². The maximum atomic E-state index is 14.1. The van der Waals surface area contributed by atoms with Gasteiger partial charge in [-0.25, -0.2) is 8.78 Å². The molecule has 2 unspecified atom stereocenters. The summed E-state index contributed by atoms with van der Waals surface area (Å²) in [6.07, 6.45) is -9.41. The number of benzene rings is 2. The Balaban J connectivity index is 1.49. The largest absolute Gasteiger partial charge is 0.411 e. The fourth-order valence-electron chi connectivity index (χ4n) is 5.77. The van der Waals surface area contributed by atoms with Gasteiger partial charge in [-0.1, -0.05) is 24.3 Å². The number of carbonyl (C=O) groups excluding carboxylic acids is 1. The van der Waals surface area contributed by atoms with Gasteiger partial charge in [-0.2, -0.15) is 26.3 Å². The van der Waals surface area contributed by atoms with Gasteiger partial charge in [-0.3, -0.25) is 14.6 Å². The van der Waals surface area contributed by atoms with Crippen molar-refractivity contribution >= 4 is 5.78 Å². The second kappa shape index (κ2) is 11.3. The first-order chi connectivity index (χ1) is 17.8. The van der Waals surface area contributed by atoms with E-state index >= 15 is 0 Å². The predicted octanol–water partition coefficient (Wildman–Crippen LogP) is 5.82. The number of Topliss-reactive ketones (excluding diaryl/α,β-unsaturated/α-hetero) is 1. The smallest absolute Gasteiger partial charge is 0.295 e. The lowest BCUT2D eigenvalue weighted by molar-refractivity contribution is -0.211. The highest BCUT2D eigenvalue weighted by Crippen LogP contribution is 2.37. The van der Waals surface area contributed by atoms with Gasteiger partial charge in [0.25, 0.3) is 0 Å². The topological polar surface area (TPSA) is 23.6 Å². The number of carbonyl (C=O) groups is 1. The van der Waals surface area contributed by atoms with E-state index in [4.69, 9.17) is 0 Å². The standard InChI is InChI=1S/C27H28F8N2O/c28-21-5-1-3-17(13-21)11-19-7-9-36(15-19)24(26(30,31)32)23(38)25(27(33,34)35)37-10-8-20(16-37)12-18-4-2-6-22(29)14-18/h1-6,13-14,19-20,24-25H,7-12,15-16H2/t19-,20-,24?,25?/m0/s1. The van der Waals surface area contributed by atoms with Crippen LogP contribution in [-0.2, 0) is 17.6 Å². The minimum Gasteiger partial charge on any atom is -0.295 e. The van der Waals surface area contributed by atoms with Crippen LogP contribution < -0.4 is 0 Å². The van der Waals surface area contributed by atoms with E-state index in [1.54, 1.807) is 12.1 Å². The Labute approximate surface area is 215 Å². The van der Waals surface area contributed by atoms with Crippen LogP contribution in [0.2, 0.25) is 0 Å². The van der Waals surface area contributed by atoms with Gasteiger partial charge in [0, 0.05) is 13.1 Å². The summed E-state index contributed by atoms with van der Waals surface area (Å²) in [7, 11) is 0. The fraction of sp³-hybridized carbons (Fsp3) is 0.519. The fourth-order valence-corrected chi connectivity index (χ4v) is 5.77.